The van der Waals surface area contributed by atoms with Gasteiger partial charge in [0.1, 0.15) is 12.4 Å². The molecular formula is C13H12BrN3O2. The second-order valence-electron chi connectivity index (χ2n) is 3.77. The molecule has 1 aromatic carbocycles. The normalized spacial score (nSPS) is 11.3. The van der Waals surface area contributed by atoms with E-state index in [0.29, 0.717) is 17.9 Å². The first-order valence-electron chi connectivity index (χ1n) is 5.50. The van der Waals surface area contributed by atoms with Crippen LogP contribution in [0.1, 0.15) is 11.3 Å². The van der Waals surface area contributed by atoms with Gasteiger partial charge in [-0.1, -0.05) is 17.3 Å². The van der Waals surface area contributed by atoms with Gasteiger partial charge >= 0.3 is 0 Å². The molecule has 2 rings (SSSR count). The van der Waals surface area contributed by atoms with Crippen molar-refractivity contribution in [3.63, 3.8) is 0 Å². The number of nitrogens with two attached hydrogens (primary N) is 1. The van der Waals surface area contributed by atoms with Crippen LogP contribution in [0.3, 0.4) is 0 Å². The highest BCUT2D eigenvalue weighted by Gasteiger charge is 2.02. The minimum atomic E-state index is 0.0483. The van der Waals surface area contributed by atoms with Crippen LogP contribution >= 0.6 is 15.9 Å². The van der Waals surface area contributed by atoms with Gasteiger partial charge in [0.25, 0.3) is 0 Å². The SMILES string of the molecule is N/C(=N/O)c1cccc(OCc2ccc(Br)cn2)c1. The molecule has 0 saturated heterocycles. The molecule has 2 aromatic rings. The quantitative estimate of drug-likeness (QED) is 0.392. The van der Waals surface area contributed by atoms with E-state index in [2.05, 4.69) is 26.1 Å². The molecule has 5 nitrogen and oxygen atoms in total. The molecule has 0 aliphatic rings. The molecule has 0 spiro atoms. The third-order valence-electron chi connectivity index (χ3n) is 2.41. The fourth-order valence-electron chi connectivity index (χ4n) is 1.45. The van der Waals surface area contributed by atoms with Crippen LogP contribution in [0.2, 0.25) is 0 Å². The smallest absolute Gasteiger partial charge is 0.170 e. The topological polar surface area (TPSA) is 80.7 Å². The number of rotatable bonds is 4. The number of hydrogen-bond donors (Lipinski definition) is 2. The third kappa shape index (κ3) is 3.69. The van der Waals surface area contributed by atoms with Crippen molar-refractivity contribution in [2.75, 3.05) is 0 Å². The molecule has 98 valence electrons. The maximum absolute atomic E-state index is 8.62. The second kappa shape index (κ2) is 6.19. The number of amidine groups is 1. The van der Waals surface area contributed by atoms with E-state index >= 15 is 0 Å². The summed E-state index contributed by atoms with van der Waals surface area (Å²) in [6, 6.07) is 10.8. The zero-order chi connectivity index (χ0) is 13.7. The summed E-state index contributed by atoms with van der Waals surface area (Å²) in [4.78, 5) is 4.21. The lowest BCUT2D eigenvalue weighted by atomic mass is 10.2. The van der Waals surface area contributed by atoms with E-state index in [-0.39, 0.29) is 5.84 Å². The highest BCUT2D eigenvalue weighted by Crippen LogP contribution is 2.15. The van der Waals surface area contributed by atoms with Crippen molar-refractivity contribution in [3.05, 3.63) is 58.3 Å². The van der Waals surface area contributed by atoms with Gasteiger partial charge in [0.2, 0.25) is 0 Å². The van der Waals surface area contributed by atoms with Crippen molar-refractivity contribution in [3.8, 4) is 5.75 Å². The molecule has 1 heterocycles. The monoisotopic (exact) mass is 321 g/mol. The van der Waals surface area contributed by atoms with Gasteiger partial charge in [0, 0.05) is 16.2 Å². The summed E-state index contributed by atoms with van der Waals surface area (Å²) in [6.07, 6.45) is 1.71. The number of pyridine rings is 1. The number of nitrogens with zero attached hydrogens (tertiary/aromatic N) is 2. The van der Waals surface area contributed by atoms with Gasteiger partial charge in [0.15, 0.2) is 5.84 Å². The summed E-state index contributed by atoms with van der Waals surface area (Å²) in [5.41, 5.74) is 6.93. The summed E-state index contributed by atoms with van der Waals surface area (Å²) in [5.74, 6) is 0.682. The van der Waals surface area contributed by atoms with Crippen LogP contribution in [0.15, 0.2) is 52.2 Å². The summed E-state index contributed by atoms with van der Waals surface area (Å²) in [7, 11) is 0. The van der Waals surface area contributed by atoms with Crippen molar-refractivity contribution in [1.29, 1.82) is 0 Å². The Kier molecular flexibility index (Phi) is 4.35. The summed E-state index contributed by atoms with van der Waals surface area (Å²) in [6.45, 7) is 0.354. The van der Waals surface area contributed by atoms with E-state index in [4.69, 9.17) is 15.7 Å². The van der Waals surface area contributed by atoms with Gasteiger partial charge in [-0.3, -0.25) is 4.98 Å². The van der Waals surface area contributed by atoms with Gasteiger partial charge in [0.05, 0.1) is 5.69 Å². The van der Waals surface area contributed by atoms with Crippen LogP contribution in [-0.2, 0) is 6.61 Å². The third-order valence-corrected chi connectivity index (χ3v) is 2.88. The molecule has 3 N–H and O–H groups in total. The van der Waals surface area contributed by atoms with E-state index in [1.54, 1.807) is 30.5 Å². The largest absolute Gasteiger partial charge is 0.487 e. The Morgan fingerprint density at radius 3 is 2.89 bits per heavy atom. The number of benzene rings is 1. The molecule has 0 unspecified atom stereocenters. The average molecular weight is 322 g/mol. The van der Waals surface area contributed by atoms with Crippen LogP contribution in [0.5, 0.6) is 5.75 Å². The molecule has 0 saturated carbocycles. The maximum atomic E-state index is 8.62. The van der Waals surface area contributed by atoms with Crippen LogP contribution in [0, 0.1) is 0 Å². The molecule has 0 fully saturated rings. The highest BCUT2D eigenvalue weighted by atomic mass is 79.9. The van der Waals surface area contributed by atoms with Crippen molar-refractivity contribution >= 4 is 21.8 Å². The summed E-state index contributed by atoms with van der Waals surface area (Å²) < 4.78 is 6.52. The zero-order valence-corrected chi connectivity index (χ0v) is 11.5. The van der Waals surface area contributed by atoms with Crippen molar-refractivity contribution in [2.45, 2.75) is 6.61 Å². The Hall–Kier alpha value is -2.08. The molecule has 0 radical (unpaired) electrons. The molecule has 19 heavy (non-hydrogen) atoms. The van der Waals surface area contributed by atoms with Crippen molar-refractivity contribution < 1.29 is 9.94 Å². The zero-order valence-electron chi connectivity index (χ0n) is 9.95. The number of aromatic nitrogens is 1. The van der Waals surface area contributed by atoms with E-state index in [0.717, 1.165) is 10.2 Å². The van der Waals surface area contributed by atoms with Crippen LogP contribution in [-0.4, -0.2) is 16.0 Å². The first-order chi connectivity index (χ1) is 9.19. The van der Waals surface area contributed by atoms with E-state index in [1.165, 1.54) is 0 Å². The Balaban J connectivity index is 2.05. The second-order valence-corrected chi connectivity index (χ2v) is 4.69. The first kappa shape index (κ1) is 13.4. The van der Waals surface area contributed by atoms with E-state index in [1.807, 2.05) is 12.1 Å². The molecule has 0 aliphatic heterocycles. The lowest BCUT2D eigenvalue weighted by Crippen LogP contribution is -2.13. The molecule has 1 aromatic heterocycles. The van der Waals surface area contributed by atoms with E-state index < -0.39 is 0 Å². The maximum Gasteiger partial charge on any atom is 0.170 e. The van der Waals surface area contributed by atoms with Gasteiger partial charge in [-0.05, 0) is 40.2 Å². The van der Waals surface area contributed by atoms with Gasteiger partial charge < -0.3 is 15.7 Å². The number of halogens is 1. The highest BCUT2D eigenvalue weighted by molar-refractivity contribution is 9.10. The average Bonchev–Trinajstić information content (AvgIpc) is 2.46. The van der Waals surface area contributed by atoms with Crippen LogP contribution < -0.4 is 10.5 Å². The lowest BCUT2D eigenvalue weighted by molar-refractivity contribution is 0.301. The van der Waals surface area contributed by atoms with E-state index in [9.17, 15) is 0 Å². The summed E-state index contributed by atoms with van der Waals surface area (Å²) >= 11 is 3.32. The Morgan fingerprint density at radius 2 is 2.21 bits per heavy atom. The standard InChI is InChI=1S/C13H12BrN3O2/c14-10-4-5-11(16-7-10)8-19-12-3-1-2-9(6-12)13(15)17-18/h1-7,18H,8H2,(H2,15,17). The van der Waals surface area contributed by atoms with Gasteiger partial charge in [-0.25, -0.2) is 0 Å². The fraction of sp³-hybridized carbons (Fsp3) is 0.0769. The Labute approximate surface area is 118 Å². The van der Waals surface area contributed by atoms with Crippen LogP contribution in [0.4, 0.5) is 0 Å². The molecule has 6 heteroatoms. The Morgan fingerprint density at radius 1 is 1.37 bits per heavy atom. The summed E-state index contributed by atoms with van der Waals surface area (Å²) in [5, 5.41) is 11.6. The minimum absolute atomic E-state index is 0.0483. The lowest BCUT2D eigenvalue weighted by Gasteiger charge is -2.07. The number of ether oxygens (including phenoxy) is 1. The van der Waals surface area contributed by atoms with Crippen LogP contribution in [0.25, 0.3) is 0 Å². The molecular weight excluding hydrogens is 310 g/mol. The molecule has 0 aliphatic carbocycles. The van der Waals surface area contributed by atoms with Crippen molar-refractivity contribution in [2.24, 2.45) is 10.9 Å². The van der Waals surface area contributed by atoms with Gasteiger partial charge in [-0.2, -0.15) is 0 Å². The predicted octanol–water partition coefficient (Wildman–Crippen LogP) is 2.52. The Bertz CT molecular complexity index is 585. The first-order valence-corrected chi connectivity index (χ1v) is 6.29. The molecule has 0 amide bonds. The predicted molar refractivity (Wildman–Crippen MR) is 75.2 cm³/mol. The fourth-order valence-corrected chi connectivity index (χ4v) is 1.69. The number of oxime groups is 1. The molecule has 0 bridgehead atoms. The van der Waals surface area contributed by atoms with Gasteiger partial charge in [-0.15, -0.1) is 0 Å². The van der Waals surface area contributed by atoms with Crippen molar-refractivity contribution in [1.82, 2.24) is 4.98 Å². The molecule has 0 atom stereocenters. The number of hydrogen-bond acceptors (Lipinski definition) is 4. The minimum Gasteiger partial charge on any atom is -0.487 e.